The normalized spacial score (nSPS) is 13.7. The molecule has 1 aromatic carbocycles. The van der Waals surface area contributed by atoms with Gasteiger partial charge in [0.1, 0.15) is 0 Å². The molecule has 0 aromatic heterocycles. The van der Waals surface area contributed by atoms with Crippen LogP contribution in [0.25, 0.3) is 0 Å². The van der Waals surface area contributed by atoms with Crippen molar-refractivity contribution in [2.75, 3.05) is 25.0 Å². The fourth-order valence-corrected chi connectivity index (χ4v) is 2.54. The molecular formula is C15H23ClN2O. The van der Waals surface area contributed by atoms with E-state index in [0.29, 0.717) is 6.42 Å². The average Bonchev–Trinajstić information content (AvgIpc) is 2.37. The van der Waals surface area contributed by atoms with Crippen LogP contribution in [-0.4, -0.2) is 26.0 Å². The van der Waals surface area contributed by atoms with Gasteiger partial charge in [-0.05, 0) is 51.4 Å². The highest BCUT2D eigenvalue weighted by Crippen LogP contribution is 2.28. The number of anilines is 1. The standard InChI is InChI=1S/C15H22N2O.ClH/c1-12-7-8-14-13(11-12)5-4-10-17(14)15(18)6-3-9-16-2;/h7-8,11,16H,3-6,9-10H2,1-2H3;1H. The Bertz CT molecular complexity index is 434. The number of halogens is 1. The van der Waals surface area contributed by atoms with E-state index in [1.807, 2.05) is 11.9 Å². The summed E-state index contributed by atoms with van der Waals surface area (Å²) in [5, 5.41) is 3.08. The molecule has 1 N–H and O–H groups in total. The van der Waals surface area contributed by atoms with Crippen molar-refractivity contribution in [3.8, 4) is 0 Å². The molecule has 0 saturated carbocycles. The van der Waals surface area contributed by atoms with Gasteiger partial charge in [-0.3, -0.25) is 4.79 Å². The van der Waals surface area contributed by atoms with Crippen LogP contribution in [0, 0.1) is 6.92 Å². The molecule has 0 spiro atoms. The zero-order chi connectivity index (χ0) is 13.0. The van der Waals surface area contributed by atoms with E-state index >= 15 is 0 Å². The van der Waals surface area contributed by atoms with Crippen molar-refractivity contribution in [2.45, 2.75) is 32.6 Å². The van der Waals surface area contributed by atoms with Crippen LogP contribution < -0.4 is 10.2 Å². The van der Waals surface area contributed by atoms with Crippen LogP contribution in [0.5, 0.6) is 0 Å². The number of carbonyl (C=O) groups is 1. The van der Waals surface area contributed by atoms with Crippen LogP contribution in [-0.2, 0) is 11.2 Å². The molecule has 1 amide bonds. The largest absolute Gasteiger partial charge is 0.320 e. The van der Waals surface area contributed by atoms with E-state index in [1.165, 1.54) is 11.1 Å². The number of fused-ring (bicyclic) bond motifs is 1. The minimum absolute atomic E-state index is 0. The Morgan fingerprint density at radius 2 is 2.21 bits per heavy atom. The fourth-order valence-electron chi connectivity index (χ4n) is 2.54. The third-order valence-corrected chi connectivity index (χ3v) is 3.47. The first kappa shape index (κ1) is 16.0. The van der Waals surface area contributed by atoms with Gasteiger partial charge >= 0.3 is 0 Å². The highest BCUT2D eigenvalue weighted by Gasteiger charge is 2.21. The van der Waals surface area contributed by atoms with Crippen molar-refractivity contribution in [2.24, 2.45) is 0 Å². The Balaban J connectivity index is 0.00000180. The van der Waals surface area contributed by atoms with Gasteiger partial charge in [-0.25, -0.2) is 0 Å². The maximum Gasteiger partial charge on any atom is 0.227 e. The van der Waals surface area contributed by atoms with Crippen LogP contribution in [0.3, 0.4) is 0 Å². The van der Waals surface area contributed by atoms with Crippen molar-refractivity contribution in [3.05, 3.63) is 29.3 Å². The number of aryl methyl sites for hydroxylation is 2. The minimum Gasteiger partial charge on any atom is -0.320 e. The summed E-state index contributed by atoms with van der Waals surface area (Å²) in [6.45, 7) is 3.88. The van der Waals surface area contributed by atoms with Gasteiger partial charge in [-0.1, -0.05) is 17.7 Å². The summed E-state index contributed by atoms with van der Waals surface area (Å²) in [4.78, 5) is 14.2. The first-order valence-electron chi connectivity index (χ1n) is 6.77. The summed E-state index contributed by atoms with van der Waals surface area (Å²) in [6.07, 6.45) is 3.71. The lowest BCUT2D eigenvalue weighted by atomic mass is 9.99. The molecule has 0 aliphatic carbocycles. The highest BCUT2D eigenvalue weighted by atomic mass is 35.5. The van der Waals surface area contributed by atoms with E-state index in [4.69, 9.17) is 0 Å². The molecule has 1 aliphatic rings. The molecule has 0 bridgehead atoms. The van der Waals surface area contributed by atoms with E-state index < -0.39 is 0 Å². The number of carbonyl (C=O) groups excluding carboxylic acids is 1. The third kappa shape index (κ3) is 3.95. The van der Waals surface area contributed by atoms with Gasteiger partial charge in [0.25, 0.3) is 0 Å². The number of hydrogen-bond donors (Lipinski definition) is 1. The molecule has 4 heteroatoms. The Hall–Kier alpha value is -1.06. The van der Waals surface area contributed by atoms with E-state index in [-0.39, 0.29) is 18.3 Å². The smallest absolute Gasteiger partial charge is 0.227 e. The summed E-state index contributed by atoms with van der Waals surface area (Å²) in [7, 11) is 1.92. The molecule has 0 radical (unpaired) electrons. The van der Waals surface area contributed by atoms with Crippen molar-refractivity contribution in [1.29, 1.82) is 0 Å². The second kappa shape index (κ2) is 7.51. The SMILES string of the molecule is CNCCCC(=O)N1CCCc2cc(C)ccc21.Cl. The van der Waals surface area contributed by atoms with Gasteiger partial charge in [0, 0.05) is 18.7 Å². The summed E-state index contributed by atoms with van der Waals surface area (Å²) >= 11 is 0. The first-order chi connectivity index (χ1) is 8.72. The van der Waals surface area contributed by atoms with Crippen molar-refractivity contribution >= 4 is 24.0 Å². The lowest BCUT2D eigenvalue weighted by molar-refractivity contribution is -0.118. The van der Waals surface area contributed by atoms with Crippen molar-refractivity contribution in [3.63, 3.8) is 0 Å². The monoisotopic (exact) mass is 282 g/mol. The highest BCUT2D eigenvalue weighted by molar-refractivity contribution is 5.94. The molecule has 1 aromatic rings. The molecule has 1 aliphatic heterocycles. The van der Waals surface area contributed by atoms with Crippen LogP contribution in [0.1, 0.15) is 30.4 Å². The maximum absolute atomic E-state index is 12.2. The molecule has 106 valence electrons. The van der Waals surface area contributed by atoms with Gasteiger partial charge in [-0.15, -0.1) is 12.4 Å². The molecule has 0 fully saturated rings. The predicted octanol–water partition coefficient (Wildman–Crippen LogP) is 2.70. The molecular weight excluding hydrogens is 260 g/mol. The third-order valence-electron chi connectivity index (χ3n) is 3.47. The molecule has 19 heavy (non-hydrogen) atoms. The summed E-state index contributed by atoms with van der Waals surface area (Å²) < 4.78 is 0. The van der Waals surface area contributed by atoms with Crippen LogP contribution in [0.15, 0.2) is 18.2 Å². The minimum atomic E-state index is 0. The van der Waals surface area contributed by atoms with Crippen LogP contribution >= 0.6 is 12.4 Å². The number of benzene rings is 1. The molecule has 0 atom stereocenters. The van der Waals surface area contributed by atoms with Gasteiger partial charge in [0.2, 0.25) is 5.91 Å². The van der Waals surface area contributed by atoms with Crippen molar-refractivity contribution < 1.29 is 4.79 Å². The number of nitrogens with zero attached hydrogens (tertiary/aromatic N) is 1. The average molecular weight is 283 g/mol. The lowest BCUT2D eigenvalue weighted by Gasteiger charge is -2.30. The summed E-state index contributed by atoms with van der Waals surface area (Å²) in [5.41, 5.74) is 3.72. The predicted molar refractivity (Wildman–Crippen MR) is 82.3 cm³/mol. The number of amides is 1. The fraction of sp³-hybridized carbons (Fsp3) is 0.533. The van der Waals surface area contributed by atoms with E-state index in [2.05, 4.69) is 30.4 Å². The van der Waals surface area contributed by atoms with Gasteiger partial charge in [0.15, 0.2) is 0 Å². The Morgan fingerprint density at radius 1 is 1.42 bits per heavy atom. The Labute approximate surface area is 121 Å². The Kier molecular flexibility index (Phi) is 6.32. The van der Waals surface area contributed by atoms with E-state index in [0.717, 1.165) is 38.0 Å². The van der Waals surface area contributed by atoms with Gasteiger partial charge in [-0.2, -0.15) is 0 Å². The van der Waals surface area contributed by atoms with Gasteiger partial charge in [0.05, 0.1) is 0 Å². The second-order valence-electron chi connectivity index (χ2n) is 4.99. The lowest BCUT2D eigenvalue weighted by Crippen LogP contribution is -2.35. The van der Waals surface area contributed by atoms with E-state index in [1.54, 1.807) is 0 Å². The van der Waals surface area contributed by atoms with Crippen LogP contribution in [0.4, 0.5) is 5.69 Å². The van der Waals surface area contributed by atoms with Crippen LogP contribution in [0.2, 0.25) is 0 Å². The molecule has 3 nitrogen and oxygen atoms in total. The molecule has 1 heterocycles. The first-order valence-corrected chi connectivity index (χ1v) is 6.77. The number of rotatable bonds is 4. The second-order valence-corrected chi connectivity index (χ2v) is 4.99. The Morgan fingerprint density at radius 3 is 2.95 bits per heavy atom. The zero-order valence-corrected chi connectivity index (χ0v) is 12.6. The van der Waals surface area contributed by atoms with Crippen molar-refractivity contribution in [1.82, 2.24) is 5.32 Å². The summed E-state index contributed by atoms with van der Waals surface area (Å²) in [6, 6.07) is 6.40. The number of hydrogen-bond acceptors (Lipinski definition) is 2. The molecule has 0 unspecified atom stereocenters. The maximum atomic E-state index is 12.2. The van der Waals surface area contributed by atoms with E-state index in [9.17, 15) is 4.79 Å². The summed E-state index contributed by atoms with van der Waals surface area (Å²) in [5.74, 6) is 0.259. The van der Waals surface area contributed by atoms with Gasteiger partial charge < -0.3 is 10.2 Å². The molecule has 0 saturated heterocycles. The zero-order valence-electron chi connectivity index (χ0n) is 11.7. The molecule has 2 rings (SSSR count). The number of nitrogens with one attached hydrogen (secondary N) is 1. The topological polar surface area (TPSA) is 32.3 Å². The quantitative estimate of drug-likeness (QED) is 0.861.